The van der Waals surface area contributed by atoms with Crippen LogP contribution in [-0.4, -0.2) is 11.9 Å². The van der Waals surface area contributed by atoms with Crippen LogP contribution >= 0.6 is 39.1 Å². The summed E-state index contributed by atoms with van der Waals surface area (Å²) < 4.78 is 5.81. The first-order valence-corrected chi connectivity index (χ1v) is 7.58. The Bertz CT molecular complexity index is 356. The molecular formula is C13H17BrCl2O. The molecule has 0 saturated heterocycles. The van der Waals surface area contributed by atoms with Crippen molar-refractivity contribution in [1.29, 1.82) is 0 Å². The third-order valence-corrected chi connectivity index (χ3v) is 5.15. The summed E-state index contributed by atoms with van der Waals surface area (Å²) in [4.78, 5) is 0. The molecule has 0 spiro atoms. The summed E-state index contributed by atoms with van der Waals surface area (Å²) in [5, 5.41) is 2.02. The average molecular weight is 340 g/mol. The maximum absolute atomic E-state index is 5.94. The Morgan fingerprint density at radius 3 is 2.29 bits per heavy atom. The molecule has 0 aliphatic carbocycles. The standard InChI is InChI=1S/C13H17BrCl2O/c1-3-13(4-2,8-14)9-17-10-5-6-11(15)12(16)7-10/h5-7H,3-4,8-9H2,1-2H3. The summed E-state index contributed by atoms with van der Waals surface area (Å²) in [5.74, 6) is 0.770. The van der Waals surface area contributed by atoms with Gasteiger partial charge in [-0.2, -0.15) is 0 Å². The van der Waals surface area contributed by atoms with Gasteiger partial charge in [0.2, 0.25) is 0 Å². The van der Waals surface area contributed by atoms with Crippen LogP contribution < -0.4 is 4.74 Å². The molecule has 0 unspecified atom stereocenters. The molecule has 0 aliphatic heterocycles. The van der Waals surface area contributed by atoms with Crippen LogP contribution in [0.25, 0.3) is 0 Å². The molecular weight excluding hydrogens is 323 g/mol. The fourth-order valence-corrected chi connectivity index (χ4v) is 2.73. The number of benzene rings is 1. The molecule has 1 rings (SSSR count). The van der Waals surface area contributed by atoms with Gasteiger partial charge in [-0.3, -0.25) is 0 Å². The fourth-order valence-electron chi connectivity index (χ4n) is 1.48. The van der Waals surface area contributed by atoms with Crippen LogP contribution in [0, 0.1) is 5.41 Å². The van der Waals surface area contributed by atoms with E-state index in [4.69, 9.17) is 27.9 Å². The van der Waals surface area contributed by atoms with Crippen molar-refractivity contribution in [2.75, 3.05) is 11.9 Å². The van der Waals surface area contributed by atoms with E-state index in [9.17, 15) is 0 Å². The monoisotopic (exact) mass is 338 g/mol. The van der Waals surface area contributed by atoms with E-state index in [0.717, 1.165) is 23.9 Å². The first-order valence-electron chi connectivity index (χ1n) is 5.70. The van der Waals surface area contributed by atoms with Gasteiger partial charge in [0.1, 0.15) is 5.75 Å². The van der Waals surface area contributed by atoms with Gasteiger partial charge in [0.05, 0.1) is 16.7 Å². The highest BCUT2D eigenvalue weighted by atomic mass is 79.9. The molecule has 0 fully saturated rings. The van der Waals surface area contributed by atoms with Gasteiger partial charge in [-0.25, -0.2) is 0 Å². The number of ether oxygens (including phenoxy) is 1. The highest BCUT2D eigenvalue weighted by Crippen LogP contribution is 2.31. The molecule has 0 heterocycles. The average Bonchev–Trinajstić information content (AvgIpc) is 2.36. The molecule has 1 aromatic carbocycles. The van der Waals surface area contributed by atoms with Crippen LogP contribution in [-0.2, 0) is 0 Å². The van der Waals surface area contributed by atoms with Crippen molar-refractivity contribution >= 4 is 39.1 Å². The lowest BCUT2D eigenvalue weighted by Crippen LogP contribution is -2.28. The first kappa shape index (κ1) is 15.1. The Morgan fingerprint density at radius 2 is 1.82 bits per heavy atom. The van der Waals surface area contributed by atoms with Gasteiger partial charge in [0, 0.05) is 16.8 Å². The normalized spacial score (nSPS) is 11.6. The quantitative estimate of drug-likeness (QED) is 0.615. The van der Waals surface area contributed by atoms with Gasteiger partial charge in [-0.15, -0.1) is 0 Å². The predicted octanol–water partition coefficient (Wildman–Crippen LogP) is 5.57. The topological polar surface area (TPSA) is 9.23 Å². The van der Waals surface area contributed by atoms with Crippen molar-refractivity contribution in [1.82, 2.24) is 0 Å². The summed E-state index contributed by atoms with van der Waals surface area (Å²) in [6, 6.07) is 5.36. The van der Waals surface area contributed by atoms with Gasteiger partial charge >= 0.3 is 0 Å². The van der Waals surface area contributed by atoms with Crippen LogP contribution in [0.1, 0.15) is 26.7 Å². The molecule has 17 heavy (non-hydrogen) atoms. The third kappa shape index (κ3) is 4.04. The second-order valence-electron chi connectivity index (χ2n) is 4.21. The molecule has 0 aromatic heterocycles. The molecule has 96 valence electrons. The Balaban J connectivity index is 2.68. The second kappa shape index (κ2) is 6.86. The predicted molar refractivity (Wildman–Crippen MR) is 78.8 cm³/mol. The highest BCUT2D eigenvalue weighted by molar-refractivity contribution is 9.09. The van der Waals surface area contributed by atoms with Crippen molar-refractivity contribution in [3.63, 3.8) is 0 Å². The molecule has 0 bridgehead atoms. The van der Waals surface area contributed by atoms with E-state index < -0.39 is 0 Å². The molecule has 0 radical (unpaired) electrons. The van der Waals surface area contributed by atoms with Gasteiger partial charge in [-0.05, 0) is 25.0 Å². The van der Waals surface area contributed by atoms with Gasteiger partial charge < -0.3 is 4.74 Å². The highest BCUT2D eigenvalue weighted by Gasteiger charge is 2.25. The van der Waals surface area contributed by atoms with Crippen molar-refractivity contribution < 1.29 is 4.74 Å². The second-order valence-corrected chi connectivity index (χ2v) is 5.58. The van der Waals surface area contributed by atoms with E-state index in [1.165, 1.54) is 0 Å². The van der Waals surface area contributed by atoms with E-state index >= 15 is 0 Å². The van der Waals surface area contributed by atoms with E-state index in [2.05, 4.69) is 29.8 Å². The van der Waals surface area contributed by atoms with E-state index in [-0.39, 0.29) is 5.41 Å². The zero-order valence-electron chi connectivity index (χ0n) is 10.1. The van der Waals surface area contributed by atoms with Crippen LogP contribution in [0.3, 0.4) is 0 Å². The van der Waals surface area contributed by atoms with Crippen LogP contribution in [0.15, 0.2) is 18.2 Å². The van der Waals surface area contributed by atoms with Crippen molar-refractivity contribution in [3.05, 3.63) is 28.2 Å². The molecule has 1 aromatic rings. The van der Waals surface area contributed by atoms with Crippen molar-refractivity contribution in [2.24, 2.45) is 5.41 Å². The summed E-state index contributed by atoms with van der Waals surface area (Å²) in [6.07, 6.45) is 2.16. The zero-order valence-corrected chi connectivity index (χ0v) is 13.2. The Morgan fingerprint density at radius 1 is 1.18 bits per heavy atom. The lowest BCUT2D eigenvalue weighted by molar-refractivity contribution is 0.158. The number of halogens is 3. The lowest BCUT2D eigenvalue weighted by atomic mass is 9.86. The maximum Gasteiger partial charge on any atom is 0.120 e. The molecule has 0 aliphatic rings. The number of hydrogen-bond acceptors (Lipinski definition) is 1. The Kier molecular flexibility index (Phi) is 6.11. The third-order valence-electron chi connectivity index (χ3n) is 3.22. The molecule has 0 atom stereocenters. The van der Waals surface area contributed by atoms with Crippen LogP contribution in [0.4, 0.5) is 0 Å². The minimum absolute atomic E-state index is 0.187. The van der Waals surface area contributed by atoms with Crippen LogP contribution in [0.5, 0.6) is 5.75 Å². The van der Waals surface area contributed by atoms with E-state index in [0.29, 0.717) is 16.7 Å². The number of rotatable bonds is 6. The van der Waals surface area contributed by atoms with Gasteiger partial charge in [0.25, 0.3) is 0 Å². The number of hydrogen-bond donors (Lipinski definition) is 0. The molecule has 0 saturated carbocycles. The Hall–Kier alpha value is 0.0800. The summed E-state index contributed by atoms with van der Waals surface area (Å²) in [7, 11) is 0. The minimum atomic E-state index is 0.187. The Labute approximate surface area is 122 Å². The summed E-state index contributed by atoms with van der Waals surface area (Å²) in [6.45, 7) is 5.05. The maximum atomic E-state index is 5.94. The molecule has 4 heteroatoms. The van der Waals surface area contributed by atoms with E-state index in [1.54, 1.807) is 12.1 Å². The molecule has 0 N–H and O–H groups in total. The van der Waals surface area contributed by atoms with Gasteiger partial charge in [0.15, 0.2) is 0 Å². The smallest absolute Gasteiger partial charge is 0.120 e. The van der Waals surface area contributed by atoms with Crippen molar-refractivity contribution in [3.8, 4) is 5.75 Å². The van der Waals surface area contributed by atoms with Crippen molar-refractivity contribution in [2.45, 2.75) is 26.7 Å². The van der Waals surface area contributed by atoms with Gasteiger partial charge in [-0.1, -0.05) is 53.0 Å². The van der Waals surface area contributed by atoms with Crippen LogP contribution in [0.2, 0.25) is 10.0 Å². The fraction of sp³-hybridized carbons (Fsp3) is 0.538. The summed E-state index contributed by atoms with van der Waals surface area (Å²) in [5.41, 5.74) is 0.187. The molecule has 1 nitrogen and oxygen atoms in total. The first-order chi connectivity index (χ1) is 8.06. The number of alkyl halides is 1. The minimum Gasteiger partial charge on any atom is -0.493 e. The van der Waals surface area contributed by atoms with E-state index in [1.807, 2.05) is 6.07 Å². The molecule has 0 amide bonds. The summed E-state index contributed by atoms with van der Waals surface area (Å²) >= 11 is 15.4. The lowest BCUT2D eigenvalue weighted by Gasteiger charge is -2.29. The SMILES string of the molecule is CCC(CC)(CBr)COc1ccc(Cl)c(Cl)c1. The largest absolute Gasteiger partial charge is 0.493 e. The zero-order chi connectivity index (χ0) is 12.9.